The Hall–Kier alpha value is -15.5. The molecule has 143 heavy (non-hydrogen) atoms. The number of carboxylic acids is 1. The number of carbonyl (C=O) groups is 6. The van der Waals surface area contributed by atoms with Gasteiger partial charge in [-0.25, -0.2) is 58.3 Å². The number of fused-ring (bicyclic) bond motifs is 5. The van der Waals surface area contributed by atoms with E-state index in [2.05, 4.69) is 56.3 Å². The number of hydrogen-bond donors (Lipinski definition) is 2. The number of aromatic amines is 1. The molecule has 746 valence electrons. The monoisotopic (exact) mass is 2100 g/mol. The van der Waals surface area contributed by atoms with Crippen molar-refractivity contribution in [3.8, 4) is 11.8 Å². The number of benzene rings is 8. The zero-order valence-electron chi connectivity index (χ0n) is 78.9. The van der Waals surface area contributed by atoms with Crippen LogP contribution >= 0.6 is 31.9 Å². The number of aliphatic carboxylic acids is 1. The van der Waals surface area contributed by atoms with E-state index in [1.165, 1.54) is 148 Å². The van der Waals surface area contributed by atoms with Crippen LogP contribution in [0.3, 0.4) is 0 Å². The van der Waals surface area contributed by atoms with Crippen molar-refractivity contribution in [2.75, 3.05) is 48.0 Å². The molecule has 0 aliphatic carbocycles. The number of methoxy groups -OCH3 is 6. The van der Waals surface area contributed by atoms with Crippen molar-refractivity contribution in [2.24, 2.45) is 0 Å². The average Bonchev–Trinajstić information content (AvgIpc) is 1.62. The molecule has 8 aromatic carbocycles. The van der Waals surface area contributed by atoms with E-state index in [1.54, 1.807) is 107 Å². The molecule has 9 heterocycles. The fourth-order valence-corrected chi connectivity index (χ4v) is 15.9. The molecule has 0 spiro atoms. The molecule has 0 saturated heterocycles. The van der Waals surface area contributed by atoms with Crippen molar-refractivity contribution < 1.29 is 111 Å². The molecule has 37 heteroatoms. The van der Waals surface area contributed by atoms with Gasteiger partial charge in [0.1, 0.15) is 95.5 Å². The maximum absolute atomic E-state index is 14.1. The third kappa shape index (κ3) is 29.8. The highest BCUT2D eigenvalue weighted by Crippen LogP contribution is 2.34. The van der Waals surface area contributed by atoms with Crippen LogP contribution < -0.4 is 20.6 Å². The number of carbonyl (C=O) groups excluding carboxylic acids is 5. The van der Waals surface area contributed by atoms with E-state index in [4.69, 9.17) is 18.9 Å². The molecule has 9 aromatic heterocycles. The minimum atomic E-state index is -1.02. The van der Waals surface area contributed by atoms with E-state index >= 15 is 0 Å². The number of aromatic nitrogens is 9. The first-order valence-corrected chi connectivity index (χ1v) is 45.6. The first kappa shape index (κ1) is 109. The maximum atomic E-state index is 14.1. The van der Waals surface area contributed by atoms with Gasteiger partial charge in [-0.3, -0.25) is 38.4 Å². The van der Waals surface area contributed by atoms with Crippen LogP contribution in [0.1, 0.15) is 88.9 Å². The van der Waals surface area contributed by atoms with Crippen molar-refractivity contribution in [1.82, 2.24) is 42.4 Å². The van der Waals surface area contributed by atoms with Crippen molar-refractivity contribution >= 4 is 123 Å². The second kappa shape index (κ2) is 51.6. The highest BCUT2D eigenvalue weighted by molar-refractivity contribution is 9.09. The minimum Gasteiger partial charge on any atom is -0.481 e. The summed E-state index contributed by atoms with van der Waals surface area (Å²) in [5.74, 6) is -6.82. The number of aldehydes is 1. The number of ether oxygens (including phenoxy) is 6. The number of H-pyrrole nitrogens is 1. The van der Waals surface area contributed by atoms with Crippen molar-refractivity contribution in [1.29, 1.82) is 0 Å². The lowest BCUT2D eigenvalue weighted by molar-refractivity contribution is -0.142. The van der Waals surface area contributed by atoms with E-state index in [0.29, 0.717) is 80.5 Å². The molecule has 0 saturated carbocycles. The Labute approximate surface area is 828 Å². The molecule has 0 radical (unpaired) electrons. The van der Waals surface area contributed by atoms with Crippen LogP contribution in [0, 0.1) is 98.6 Å². The van der Waals surface area contributed by atoms with E-state index in [-0.39, 0.29) is 102 Å². The van der Waals surface area contributed by atoms with Gasteiger partial charge in [0.2, 0.25) is 11.8 Å². The lowest BCUT2D eigenvalue weighted by Crippen LogP contribution is -2.20. The molecule has 2 N–H and O–H groups in total. The molecule has 0 atom stereocenters. The van der Waals surface area contributed by atoms with Gasteiger partial charge in [0, 0.05) is 192 Å². The van der Waals surface area contributed by atoms with E-state index < -0.39 is 58.5 Å². The Morgan fingerprint density at radius 1 is 0.385 bits per heavy atom. The van der Waals surface area contributed by atoms with Crippen LogP contribution in [0.4, 0.5) is 48.3 Å². The Kier molecular flexibility index (Phi) is 39.5. The summed E-state index contributed by atoms with van der Waals surface area (Å²) in [6.07, 6.45) is 8.37. The number of pyridine rings is 4. The van der Waals surface area contributed by atoms with Crippen LogP contribution in [-0.4, -0.2) is 132 Å². The third-order valence-corrected chi connectivity index (χ3v) is 23.5. The SMILES string of the molecule is COC(=O)CBr.COC(=O)Cn1c(C)c(Cc2ccc(=O)n(Cc3ccc(F)cc3F)c2)c2cc(F)ccc21.COC(=O)Cn1c(C)c(Cc2ccc(OC)nc2)c2cc(F)ccc21.COC(=O)Cn1c(C)cc2cc(F)ccc21.COc1ccc(C=O)cn1.Cc1c(Cc2ccc(=O)n(Cc3ccc(F)cc3F)c2)c2cc(F)ccc2n1CC(=O)O.Cc1cc2cc(F)ccc2[nH]1.Fc1ccc(CBr)c(F)c1. The number of hydrogen-bond acceptors (Lipinski definition) is 16. The molecule has 24 nitrogen and oxygen atoms in total. The normalized spacial score (nSPS) is 10.7. The number of aryl methyl sites for hydroxylation is 2. The molecule has 17 aromatic rings. The fourth-order valence-electron chi connectivity index (χ4n) is 15.2. The molecular weight excluding hydrogens is 2010 g/mol. The summed E-state index contributed by atoms with van der Waals surface area (Å²) in [5.41, 5.74) is 13.8. The van der Waals surface area contributed by atoms with Gasteiger partial charge in [-0.2, -0.15) is 0 Å². The zero-order valence-corrected chi connectivity index (χ0v) is 82.1. The number of esters is 4. The van der Waals surface area contributed by atoms with Gasteiger partial charge in [-0.05, 0) is 201 Å². The predicted molar refractivity (Wildman–Crippen MR) is 526 cm³/mol. The molecule has 0 aliphatic rings. The molecule has 0 amide bonds. The summed E-state index contributed by atoms with van der Waals surface area (Å²) in [6, 6.07) is 49.1. The predicted octanol–water partition coefficient (Wildman–Crippen LogP) is 21.0. The average molecular weight is 2100 g/mol. The van der Waals surface area contributed by atoms with Gasteiger partial charge in [-0.15, -0.1) is 0 Å². The molecule has 0 bridgehead atoms. The first-order valence-electron chi connectivity index (χ1n) is 43.4. The summed E-state index contributed by atoms with van der Waals surface area (Å²) in [6.45, 7) is 9.17. The largest absolute Gasteiger partial charge is 0.481 e. The molecule has 0 fully saturated rings. The zero-order chi connectivity index (χ0) is 104. The van der Waals surface area contributed by atoms with Crippen molar-refractivity contribution in [3.05, 3.63) is 400 Å². The summed E-state index contributed by atoms with van der Waals surface area (Å²) in [7, 11) is 8.45. The van der Waals surface area contributed by atoms with Crippen LogP contribution in [0.2, 0.25) is 0 Å². The summed E-state index contributed by atoms with van der Waals surface area (Å²) >= 11 is 5.97. The lowest BCUT2D eigenvalue weighted by Gasteiger charge is -2.10. The Morgan fingerprint density at radius 2 is 0.748 bits per heavy atom. The number of alkyl halides is 2. The number of nitrogens with zero attached hydrogens (tertiary/aromatic N) is 8. The number of rotatable bonds is 23. The van der Waals surface area contributed by atoms with Crippen molar-refractivity contribution in [3.63, 3.8) is 0 Å². The second-order valence-electron chi connectivity index (χ2n) is 31.9. The fraction of sp³-hybridized carbons (Fsp3) is 0.208. The molecule has 0 unspecified atom stereocenters. The second-order valence-corrected chi connectivity index (χ2v) is 33.0. The molecular formula is C106H96Br2F11N9O15. The van der Waals surface area contributed by atoms with Gasteiger partial charge in [-0.1, -0.05) is 68.3 Å². The van der Waals surface area contributed by atoms with Gasteiger partial charge in [0.15, 0.2) is 6.29 Å². The van der Waals surface area contributed by atoms with E-state index in [0.717, 1.165) is 120 Å². The summed E-state index contributed by atoms with van der Waals surface area (Å²) in [5, 5.41) is 13.7. The van der Waals surface area contributed by atoms with Crippen LogP contribution in [0.25, 0.3) is 54.5 Å². The minimum absolute atomic E-state index is 0.0200. The Bertz CT molecular complexity index is 7560. The highest BCUT2D eigenvalue weighted by Gasteiger charge is 2.23. The summed E-state index contributed by atoms with van der Waals surface area (Å²) < 4.78 is 185. The van der Waals surface area contributed by atoms with Gasteiger partial charge in [0.05, 0.1) is 55.7 Å². The van der Waals surface area contributed by atoms with Crippen LogP contribution in [0.5, 0.6) is 11.8 Å². The maximum Gasteiger partial charge on any atom is 0.325 e. The lowest BCUT2D eigenvalue weighted by atomic mass is 10.0. The van der Waals surface area contributed by atoms with Gasteiger partial charge < -0.3 is 65.9 Å². The highest BCUT2D eigenvalue weighted by atomic mass is 79.9. The van der Waals surface area contributed by atoms with Crippen LogP contribution in [-0.2, 0) is 107 Å². The van der Waals surface area contributed by atoms with E-state index in [1.807, 2.05) is 50.5 Å². The number of halogens is 13. The smallest absolute Gasteiger partial charge is 0.325 e. The van der Waals surface area contributed by atoms with Crippen LogP contribution in [0.15, 0.2) is 241 Å². The first-order chi connectivity index (χ1) is 68.3. The molecule has 0 aliphatic heterocycles. The third-order valence-electron chi connectivity index (χ3n) is 22.4. The Morgan fingerprint density at radius 3 is 1.12 bits per heavy atom. The van der Waals surface area contributed by atoms with Gasteiger partial charge >= 0.3 is 29.8 Å². The van der Waals surface area contributed by atoms with E-state index in [9.17, 15) is 91.8 Å². The number of carboxylic acid groups (broad SMARTS) is 1. The number of nitrogens with one attached hydrogen (secondary N) is 1. The standard InChI is InChI=1S/C25H21F3N2O3.C24H19F3N2O3.C19H19FN2O3.C12H12FNO2.C9H8FN.C7H5BrF2.C7H7NO2.C3H5BrO2/c1-15-20(21-10-18(26)6-7-23(21)30(15)14-25(32)33-2)9-16-3-8-24(31)29(12-16)13-17-4-5-19(27)11-22(17)28;1-14-19(20-9-17(25)5-6-22(20)29(14)13-24(31)32)8-15-2-7-23(30)28(11-15)12-16-3-4-18(26)10-21(16)27;1-12-15(8-13-4-7-18(24-2)21-10-13)16-9-14(20)5-6-17(16)22(12)11-19(23)25-3;1-8-5-9-6-10(13)3-4-11(9)14(8)7-12(15)16-2;1-6-4-7-5-8(10)2-3-9(7)11-6;8-4-5-1-2-6(9)3-7(5)10;1-10-7-3-2-6(5-9)4-8-7;1-6-3(5)2-4/h3-8,10-12H,9,13-14H2,1-2H3;2-7,9-11H,8,12-13H2,1H3,(H,31,32);4-7,9-10H,8,11H2,1-3H3;3-6H,7H2,1-2H3;2-5,11H,1H3;1-3H,4H2;2-5H,1H3;2H2,1H3. The van der Waals surface area contributed by atoms with Crippen molar-refractivity contribution in [2.45, 2.75) is 98.5 Å². The quantitative estimate of drug-likeness (QED) is 0.0198. The van der Waals surface area contributed by atoms with Gasteiger partial charge in [0.25, 0.3) is 11.1 Å². The topological polar surface area (TPSA) is 283 Å². The Balaban J connectivity index is 0.000000177. The molecule has 17 rings (SSSR count). The summed E-state index contributed by atoms with van der Waals surface area (Å²) in [4.78, 5) is 102.